The van der Waals surface area contributed by atoms with E-state index >= 15 is 0 Å². The second kappa shape index (κ2) is 11.9. The number of hydrogen-bond donors (Lipinski definition) is 3. The highest BCUT2D eigenvalue weighted by Crippen LogP contribution is 2.30. The summed E-state index contributed by atoms with van der Waals surface area (Å²) in [6.07, 6.45) is 10.4. The molecule has 1 fully saturated rings. The zero-order valence-electron chi connectivity index (χ0n) is 20.4. The highest BCUT2D eigenvalue weighted by atomic mass is 32.1. The number of thiazole rings is 1. The van der Waals surface area contributed by atoms with Gasteiger partial charge < -0.3 is 21.1 Å². The van der Waals surface area contributed by atoms with Crippen molar-refractivity contribution in [2.45, 2.75) is 26.3 Å². The molecule has 0 aliphatic carbocycles. The predicted molar refractivity (Wildman–Crippen MR) is 139 cm³/mol. The normalized spacial score (nSPS) is 14.2. The molecule has 1 aliphatic rings. The molecule has 1 saturated heterocycles. The summed E-state index contributed by atoms with van der Waals surface area (Å²) in [6, 6.07) is 1.69. The molecule has 0 radical (unpaired) electrons. The highest BCUT2D eigenvalue weighted by molar-refractivity contribution is 7.16. The average Bonchev–Trinajstić information content (AvgIpc) is 3.62. The first-order valence-electron chi connectivity index (χ1n) is 11.7. The molecule has 36 heavy (non-hydrogen) atoms. The number of carbonyl (C=O) groups is 2. The number of methoxy groups -OCH3 is 1. The maximum absolute atomic E-state index is 13.1. The predicted octanol–water partition coefficient (Wildman–Crippen LogP) is 2.33. The number of nitrogens with two attached hydrogens (primary N) is 1. The molecule has 0 bridgehead atoms. The van der Waals surface area contributed by atoms with Crippen LogP contribution in [0, 0.1) is 6.92 Å². The largest absolute Gasteiger partial charge is 0.404 e. The van der Waals surface area contributed by atoms with E-state index in [1.165, 1.54) is 17.5 Å². The molecular formula is C24H30N8O3S. The van der Waals surface area contributed by atoms with Crippen LogP contribution >= 0.6 is 11.3 Å². The Morgan fingerprint density at radius 3 is 2.75 bits per heavy atom. The molecule has 12 heteroatoms. The van der Waals surface area contributed by atoms with Gasteiger partial charge in [0.2, 0.25) is 5.91 Å². The van der Waals surface area contributed by atoms with Crippen molar-refractivity contribution in [3.05, 3.63) is 47.8 Å². The molecule has 4 heterocycles. The van der Waals surface area contributed by atoms with Gasteiger partial charge in [0.05, 0.1) is 59.6 Å². The van der Waals surface area contributed by atoms with E-state index in [-0.39, 0.29) is 11.5 Å². The molecule has 3 aromatic heterocycles. The van der Waals surface area contributed by atoms with E-state index in [0.717, 1.165) is 36.4 Å². The quantitative estimate of drug-likeness (QED) is 0.353. The van der Waals surface area contributed by atoms with Crippen molar-refractivity contribution >= 4 is 40.1 Å². The van der Waals surface area contributed by atoms with Gasteiger partial charge in [0, 0.05) is 31.3 Å². The van der Waals surface area contributed by atoms with Crippen LogP contribution in [0.25, 0.3) is 16.0 Å². The van der Waals surface area contributed by atoms with Gasteiger partial charge in [-0.1, -0.05) is 0 Å². The van der Waals surface area contributed by atoms with Crippen LogP contribution < -0.4 is 16.4 Å². The third-order valence-electron chi connectivity index (χ3n) is 5.77. The maximum atomic E-state index is 13.1. The summed E-state index contributed by atoms with van der Waals surface area (Å²) >= 11 is 1.34. The number of pyridine rings is 1. The number of rotatable bonds is 10. The Balaban J connectivity index is 1.42. The van der Waals surface area contributed by atoms with Gasteiger partial charge in [-0.3, -0.25) is 24.2 Å². The number of nitrogens with zero attached hydrogens (tertiary/aromatic N) is 5. The fourth-order valence-electron chi connectivity index (χ4n) is 3.84. The minimum absolute atomic E-state index is 0.108. The summed E-state index contributed by atoms with van der Waals surface area (Å²) in [5.41, 5.74) is 8.55. The van der Waals surface area contributed by atoms with Gasteiger partial charge in [-0.25, -0.2) is 4.98 Å². The summed E-state index contributed by atoms with van der Waals surface area (Å²) < 4.78 is 6.87. The Kier molecular flexibility index (Phi) is 8.41. The molecule has 11 nitrogen and oxygen atoms in total. The highest BCUT2D eigenvalue weighted by Gasteiger charge is 2.19. The second-order valence-electron chi connectivity index (χ2n) is 8.44. The van der Waals surface area contributed by atoms with Gasteiger partial charge in [0.25, 0.3) is 5.91 Å². The van der Waals surface area contributed by atoms with Crippen molar-refractivity contribution in [2.24, 2.45) is 5.73 Å². The second-order valence-corrected chi connectivity index (χ2v) is 9.47. The fourth-order valence-corrected chi connectivity index (χ4v) is 4.75. The van der Waals surface area contributed by atoms with Crippen molar-refractivity contribution < 1.29 is 14.3 Å². The van der Waals surface area contributed by atoms with Gasteiger partial charge in [-0.15, -0.1) is 11.3 Å². The number of nitrogens with one attached hydrogen (secondary N) is 2. The number of hydrogen-bond acceptors (Lipinski definition) is 9. The van der Waals surface area contributed by atoms with Gasteiger partial charge >= 0.3 is 0 Å². The van der Waals surface area contributed by atoms with Crippen LogP contribution in [0.5, 0.6) is 0 Å². The standard InChI is InChI=1S/C24H30N8O3S/c1-16-20(9-18(12-26-16)29-22(33)15-31-5-3-4-6-31)30-23(34)19(10-25)24-27-13-21(36-24)17-11-28-32(14-17)7-8-35-2/h9-14H,3-8,15,25H2,1-2H3,(H,29,33)(H,30,34). The zero-order valence-corrected chi connectivity index (χ0v) is 21.2. The molecule has 1 aliphatic heterocycles. The van der Waals surface area contributed by atoms with Crippen molar-refractivity contribution in [3.63, 3.8) is 0 Å². The van der Waals surface area contributed by atoms with Crippen LogP contribution in [0.4, 0.5) is 11.4 Å². The van der Waals surface area contributed by atoms with Crippen LogP contribution in [0.15, 0.2) is 37.1 Å². The SMILES string of the molecule is COCCn1cc(-c2cnc(C(=CN)C(=O)Nc3cc(NC(=O)CN4CCCC4)cnc3C)s2)cn1. The smallest absolute Gasteiger partial charge is 0.260 e. The Morgan fingerprint density at radius 1 is 1.19 bits per heavy atom. The van der Waals surface area contributed by atoms with E-state index in [0.29, 0.717) is 41.8 Å². The van der Waals surface area contributed by atoms with Crippen molar-refractivity contribution in [2.75, 3.05) is 44.0 Å². The Bertz CT molecular complexity index is 1250. The van der Waals surface area contributed by atoms with Gasteiger partial charge in [0.15, 0.2) is 0 Å². The molecule has 0 saturated carbocycles. The zero-order chi connectivity index (χ0) is 25.5. The summed E-state index contributed by atoms with van der Waals surface area (Å²) in [7, 11) is 1.64. The molecular weight excluding hydrogens is 480 g/mol. The Labute approximate surface area is 213 Å². The average molecular weight is 511 g/mol. The third-order valence-corrected chi connectivity index (χ3v) is 6.85. The van der Waals surface area contributed by atoms with Crippen molar-refractivity contribution in [1.29, 1.82) is 0 Å². The third kappa shape index (κ3) is 6.33. The lowest BCUT2D eigenvalue weighted by Gasteiger charge is -2.15. The van der Waals surface area contributed by atoms with E-state index in [1.54, 1.807) is 43.4 Å². The number of anilines is 2. The number of likely N-dealkylation sites (tertiary alicyclic amines) is 1. The molecule has 0 spiro atoms. The first-order chi connectivity index (χ1) is 17.5. The number of ether oxygens (including phenoxy) is 1. The first kappa shape index (κ1) is 25.5. The molecule has 3 aromatic rings. The van der Waals surface area contributed by atoms with E-state index < -0.39 is 5.91 Å². The van der Waals surface area contributed by atoms with E-state index in [4.69, 9.17) is 10.5 Å². The van der Waals surface area contributed by atoms with Crippen LogP contribution in [0.2, 0.25) is 0 Å². The summed E-state index contributed by atoms with van der Waals surface area (Å²) in [4.78, 5) is 37.2. The van der Waals surface area contributed by atoms with Gasteiger partial charge in [-0.05, 0) is 38.9 Å². The number of aryl methyl sites for hydroxylation is 1. The number of aromatic nitrogens is 4. The Hall–Kier alpha value is -3.61. The van der Waals surface area contributed by atoms with E-state index in [2.05, 4.69) is 30.6 Å². The Morgan fingerprint density at radius 2 is 2.00 bits per heavy atom. The number of amides is 2. The molecule has 190 valence electrons. The summed E-state index contributed by atoms with van der Waals surface area (Å²) in [5.74, 6) is -0.525. The number of carbonyl (C=O) groups excluding carboxylic acids is 2. The molecule has 4 N–H and O–H groups in total. The van der Waals surface area contributed by atoms with E-state index in [9.17, 15) is 9.59 Å². The lowest BCUT2D eigenvalue weighted by Crippen LogP contribution is -2.31. The molecule has 0 atom stereocenters. The van der Waals surface area contributed by atoms with Crippen LogP contribution in [0.1, 0.15) is 23.5 Å². The van der Waals surface area contributed by atoms with Crippen LogP contribution in [-0.2, 0) is 20.9 Å². The summed E-state index contributed by atoms with van der Waals surface area (Å²) in [5, 5.41) is 10.5. The minimum atomic E-state index is -0.417. The molecule has 2 amide bonds. The van der Waals surface area contributed by atoms with Crippen molar-refractivity contribution in [1.82, 2.24) is 24.6 Å². The first-order valence-corrected chi connectivity index (χ1v) is 12.5. The lowest BCUT2D eigenvalue weighted by molar-refractivity contribution is -0.117. The summed E-state index contributed by atoms with van der Waals surface area (Å²) in [6.45, 7) is 5.19. The minimum Gasteiger partial charge on any atom is -0.404 e. The van der Waals surface area contributed by atoms with Gasteiger partial charge in [-0.2, -0.15) is 5.10 Å². The van der Waals surface area contributed by atoms with Crippen LogP contribution in [0.3, 0.4) is 0 Å². The van der Waals surface area contributed by atoms with Gasteiger partial charge in [0.1, 0.15) is 5.01 Å². The topological polar surface area (TPSA) is 140 Å². The molecule has 0 unspecified atom stereocenters. The fraction of sp³-hybridized carbons (Fsp3) is 0.375. The van der Waals surface area contributed by atoms with Crippen LogP contribution in [-0.4, -0.2) is 69.8 Å². The monoisotopic (exact) mass is 510 g/mol. The lowest BCUT2D eigenvalue weighted by atomic mass is 10.2. The molecule has 0 aromatic carbocycles. The maximum Gasteiger partial charge on any atom is 0.260 e. The molecule has 4 rings (SSSR count). The van der Waals surface area contributed by atoms with Crippen molar-refractivity contribution in [3.8, 4) is 10.4 Å². The van der Waals surface area contributed by atoms with E-state index in [1.807, 2.05) is 6.20 Å².